The lowest BCUT2D eigenvalue weighted by Crippen LogP contribution is -2.31. The van der Waals surface area contributed by atoms with Gasteiger partial charge in [-0.1, -0.05) is 36.4 Å². The number of benzene rings is 2. The van der Waals surface area contributed by atoms with Gasteiger partial charge >= 0.3 is 0 Å². The predicted octanol–water partition coefficient (Wildman–Crippen LogP) is 3.40. The molecule has 3 aromatic heterocycles. The molecular formula is C24H16N4OS2. The minimum Gasteiger partial charge on any atom is -0.326 e. The normalized spacial score (nSPS) is 12.8. The van der Waals surface area contributed by atoms with Gasteiger partial charge < -0.3 is 4.57 Å². The largest absolute Gasteiger partial charge is 0.326 e. The minimum absolute atomic E-state index is 0.147. The van der Waals surface area contributed by atoms with Crippen molar-refractivity contribution in [2.24, 2.45) is 7.05 Å². The van der Waals surface area contributed by atoms with Crippen LogP contribution in [0.1, 0.15) is 10.7 Å². The smallest absolute Gasteiger partial charge is 0.273 e. The third-order valence-corrected chi connectivity index (χ3v) is 6.90. The average molecular weight is 441 g/mol. The minimum atomic E-state index is -0.147. The molecule has 0 aliphatic carbocycles. The zero-order chi connectivity index (χ0) is 21.4. The second-order valence-corrected chi connectivity index (χ2v) is 8.89. The van der Waals surface area contributed by atoms with Gasteiger partial charge in [0.15, 0.2) is 5.82 Å². The van der Waals surface area contributed by atoms with E-state index in [9.17, 15) is 10.1 Å². The van der Waals surface area contributed by atoms with Crippen LogP contribution in [0.5, 0.6) is 0 Å². The zero-order valence-electron chi connectivity index (χ0n) is 16.5. The van der Waals surface area contributed by atoms with E-state index in [0.717, 1.165) is 21.6 Å². The molecule has 0 N–H and O–H groups in total. The third kappa shape index (κ3) is 3.32. The van der Waals surface area contributed by atoms with Crippen molar-refractivity contribution in [1.29, 1.82) is 5.26 Å². The first-order chi connectivity index (χ1) is 15.2. The first-order valence-electron chi connectivity index (χ1n) is 9.56. The highest BCUT2D eigenvalue weighted by atomic mass is 32.1. The van der Waals surface area contributed by atoms with Gasteiger partial charge in [-0.05, 0) is 41.8 Å². The van der Waals surface area contributed by atoms with E-state index < -0.39 is 0 Å². The quantitative estimate of drug-likeness (QED) is 0.432. The lowest BCUT2D eigenvalue weighted by molar-refractivity contribution is 0.915. The van der Waals surface area contributed by atoms with Crippen molar-refractivity contribution < 1.29 is 0 Å². The highest BCUT2D eigenvalue weighted by Crippen LogP contribution is 2.19. The van der Waals surface area contributed by atoms with Crippen molar-refractivity contribution in [3.63, 3.8) is 0 Å². The van der Waals surface area contributed by atoms with Crippen LogP contribution >= 0.6 is 22.7 Å². The fourth-order valence-electron chi connectivity index (χ4n) is 3.53. The molecule has 150 valence electrons. The van der Waals surface area contributed by atoms with E-state index in [1.165, 1.54) is 11.3 Å². The summed E-state index contributed by atoms with van der Waals surface area (Å²) in [4.78, 5) is 19.1. The van der Waals surface area contributed by atoms with E-state index in [2.05, 4.69) is 6.07 Å². The monoisotopic (exact) mass is 440 g/mol. The molecular weight excluding hydrogens is 424 g/mol. The van der Waals surface area contributed by atoms with E-state index in [-0.39, 0.29) is 5.56 Å². The number of thiophene rings is 1. The van der Waals surface area contributed by atoms with E-state index in [0.29, 0.717) is 20.6 Å². The van der Waals surface area contributed by atoms with Gasteiger partial charge in [-0.15, -0.1) is 22.7 Å². The van der Waals surface area contributed by atoms with Crippen LogP contribution in [0.25, 0.3) is 28.4 Å². The first kappa shape index (κ1) is 19.2. The topological polar surface area (TPSA) is 63.6 Å². The molecule has 5 nitrogen and oxygen atoms in total. The lowest BCUT2D eigenvalue weighted by Gasteiger charge is -2.04. The van der Waals surface area contributed by atoms with E-state index in [4.69, 9.17) is 4.98 Å². The molecule has 0 saturated heterocycles. The Bertz CT molecular complexity index is 1620. The molecule has 5 aromatic rings. The number of nitriles is 1. The Morgan fingerprint density at radius 3 is 2.55 bits per heavy atom. The van der Waals surface area contributed by atoms with Gasteiger partial charge in [0.1, 0.15) is 16.3 Å². The number of nitrogens with zero attached hydrogens (tertiary/aromatic N) is 4. The van der Waals surface area contributed by atoms with Crippen molar-refractivity contribution in [2.75, 3.05) is 0 Å². The maximum atomic E-state index is 13.4. The summed E-state index contributed by atoms with van der Waals surface area (Å²) in [6.45, 7) is 0. The Morgan fingerprint density at radius 1 is 1.06 bits per heavy atom. The number of hydrogen-bond donors (Lipinski definition) is 0. The van der Waals surface area contributed by atoms with Crippen LogP contribution in [-0.4, -0.2) is 14.1 Å². The van der Waals surface area contributed by atoms with Crippen LogP contribution in [0.4, 0.5) is 0 Å². The number of hydrogen-bond acceptors (Lipinski definition) is 5. The number of rotatable bonds is 3. The van der Waals surface area contributed by atoms with E-state index in [1.807, 2.05) is 89.8 Å². The summed E-state index contributed by atoms with van der Waals surface area (Å²) >= 11 is 2.88. The maximum Gasteiger partial charge on any atom is 0.273 e. The van der Waals surface area contributed by atoms with Crippen LogP contribution in [-0.2, 0) is 7.05 Å². The van der Waals surface area contributed by atoms with Crippen LogP contribution in [0.3, 0.4) is 0 Å². The standard InChI is InChI=1S/C24H16N4OS2/c1-27-20-12-6-5-11-19(20)26-22(27)18(15-25)24-28(16-8-3-2-4-9-16)23(29)21(31-24)14-17-10-7-13-30-17/h2-14H,1H3/b21-14+,24-18-. The summed E-state index contributed by atoms with van der Waals surface area (Å²) in [5.41, 5.74) is 2.68. The van der Waals surface area contributed by atoms with Gasteiger partial charge in [0, 0.05) is 11.9 Å². The third-order valence-electron chi connectivity index (χ3n) is 4.99. The highest BCUT2D eigenvalue weighted by Gasteiger charge is 2.17. The number of fused-ring (bicyclic) bond motifs is 1. The molecule has 5 rings (SSSR count). The molecule has 0 atom stereocenters. The second kappa shape index (κ2) is 7.84. The van der Waals surface area contributed by atoms with Crippen LogP contribution < -0.4 is 14.8 Å². The van der Waals surface area contributed by atoms with E-state index >= 15 is 0 Å². The number of aryl methyl sites for hydroxylation is 1. The Morgan fingerprint density at radius 2 is 1.84 bits per heavy atom. The van der Waals surface area contributed by atoms with Gasteiger partial charge in [-0.25, -0.2) is 4.98 Å². The molecule has 0 saturated carbocycles. The molecule has 0 spiro atoms. The molecule has 0 unspecified atom stereocenters. The molecule has 3 heterocycles. The van der Waals surface area contributed by atoms with Gasteiger partial charge in [-0.2, -0.15) is 5.26 Å². The molecule has 2 aromatic carbocycles. The summed E-state index contributed by atoms with van der Waals surface area (Å²) in [6.07, 6.45) is 1.88. The fraction of sp³-hybridized carbons (Fsp3) is 0.0417. The highest BCUT2D eigenvalue weighted by molar-refractivity contribution is 7.11. The number of imidazole rings is 1. The fourth-order valence-corrected chi connectivity index (χ4v) is 5.35. The summed E-state index contributed by atoms with van der Waals surface area (Å²) in [7, 11) is 1.89. The van der Waals surface area contributed by atoms with Gasteiger partial charge in [0.2, 0.25) is 0 Å². The Kier molecular flexibility index (Phi) is 4.86. The first-order valence-corrected chi connectivity index (χ1v) is 11.3. The van der Waals surface area contributed by atoms with Crippen molar-refractivity contribution in [1.82, 2.24) is 14.1 Å². The predicted molar refractivity (Wildman–Crippen MR) is 126 cm³/mol. The second-order valence-electron chi connectivity index (χ2n) is 6.88. The molecule has 0 bridgehead atoms. The molecule has 7 heteroatoms. The van der Waals surface area contributed by atoms with E-state index in [1.54, 1.807) is 15.9 Å². The van der Waals surface area contributed by atoms with Gasteiger partial charge in [-0.3, -0.25) is 9.36 Å². The molecule has 0 radical (unpaired) electrons. The van der Waals surface area contributed by atoms with Crippen LogP contribution in [0.2, 0.25) is 0 Å². The average Bonchev–Trinajstić information content (AvgIpc) is 3.50. The summed E-state index contributed by atoms with van der Waals surface area (Å²) in [6, 6.07) is 23.4. The Labute approximate surface area is 185 Å². The SMILES string of the molecule is Cn1c(/C(C#N)=c2\s/c(=C/c3cccs3)c(=O)n2-c2ccccc2)nc2ccccc21. The van der Waals surface area contributed by atoms with Crippen molar-refractivity contribution in [2.45, 2.75) is 0 Å². The summed E-state index contributed by atoms with van der Waals surface area (Å²) < 4.78 is 4.66. The maximum absolute atomic E-state index is 13.4. The Balaban J connectivity index is 1.91. The zero-order valence-corrected chi connectivity index (χ0v) is 18.2. The number of aromatic nitrogens is 3. The summed E-state index contributed by atoms with van der Waals surface area (Å²) in [5, 5.41) is 12.1. The van der Waals surface area contributed by atoms with Gasteiger partial charge in [0.25, 0.3) is 5.56 Å². The van der Waals surface area contributed by atoms with Crippen molar-refractivity contribution >= 4 is 45.4 Å². The molecule has 0 fully saturated rings. The lowest BCUT2D eigenvalue weighted by atomic mass is 10.3. The molecule has 31 heavy (non-hydrogen) atoms. The van der Waals surface area contributed by atoms with Crippen LogP contribution in [0.15, 0.2) is 76.9 Å². The van der Waals surface area contributed by atoms with Gasteiger partial charge in [0.05, 0.1) is 21.3 Å². The molecule has 0 amide bonds. The summed E-state index contributed by atoms with van der Waals surface area (Å²) in [5.74, 6) is 0.539. The number of para-hydroxylation sites is 3. The number of thiazole rings is 1. The van der Waals surface area contributed by atoms with Crippen LogP contribution in [0, 0.1) is 11.3 Å². The Hall–Kier alpha value is -3.73. The van der Waals surface area contributed by atoms with Crippen molar-refractivity contribution in [3.8, 4) is 11.8 Å². The molecule has 0 aliphatic rings. The van der Waals surface area contributed by atoms with Crippen molar-refractivity contribution in [3.05, 3.63) is 102 Å². The molecule has 0 aliphatic heterocycles.